The molecule has 0 radical (unpaired) electrons. The van der Waals surface area contributed by atoms with Gasteiger partial charge in [0.25, 0.3) is 0 Å². The molecule has 0 saturated heterocycles. The van der Waals surface area contributed by atoms with Crippen LogP contribution in [0.25, 0.3) is 11.0 Å². The predicted octanol–water partition coefficient (Wildman–Crippen LogP) is 2.69. The number of rotatable bonds is 6. The average molecular weight is 351 g/mol. The maximum absolute atomic E-state index is 6.28. The largest absolute Gasteiger partial charge is 0.367 e. The molecule has 4 rings (SSSR count). The van der Waals surface area contributed by atoms with E-state index in [0.29, 0.717) is 18.5 Å². The molecule has 7 nitrogen and oxygen atoms in total. The van der Waals surface area contributed by atoms with Gasteiger partial charge in [-0.25, -0.2) is 0 Å². The summed E-state index contributed by atoms with van der Waals surface area (Å²) in [6.45, 7) is 2.84. The van der Waals surface area contributed by atoms with Crippen LogP contribution in [0, 0.1) is 5.92 Å². The highest BCUT2D eigenvalue weighted by atomic mass is 15.3. The topological polar surface area (TPSA) is 93.7 Å². The first kappa shape index (κ1) is 16.8. The van der Waals surface area contributed by atoms with Crippen molar-refractivity contribution in [2.45, 2.75) is 31.8 Å². The Morgan fingerprint density at radius 1 is 1.23 bits per heavy atom. The zero-order valence-corrected chi connectivity index (χ0v) is 15.2. The lowest BCUT2D eigenvalue weighted by Gasteiger charge is -2.33. The van der Waals surface area contributed by atoms with Gasteiger partial charge in [0.1, 0.15) is 5.82 Å². The predicted molar refractivity (Wildman–Crippen MR) is 104 cm³/mol. The van der Waals surface area contributed by atoms with Crippen LogP contribution in [-0.4, -0.2) is 32.3 Å². The van der Waals surface area contributed by atoms with Crippen molar-refractivity contribution in [3.8, 4) is 0 Å². The van der Waals surface area contributed by atoms with Crippen LogP contribution in [0.15, 0.2) is 36.5 Å². The van der Waals surface area contributed by atoms with E-state index in [4.69, 9.17) is 5.73 Å². The van der Waals surface area contributed by atoms with Gasteiger partial charge in [-0.1, -0.05) is 37.3 Å². The van der Waals surface area contributed by atoms with E-state index in [1.807, 2.05) is 43.6 Å². The van der Waals surface area contributed by atoms with E-state index in [2.05, 4.69) is 32.6 Å². The van der Waals surface area contributed by atoms with E-state index in [-0.39, 0.29) is 6.04 Å². The number of nitrogens with two attached hydrogens (primary N) is 1. The number of benzene rings is 1. The van der Waals surface area contributed by atoms with E-state index in [9.17, 15) is 0 Å². The molecule has 1 unspecified atom stereocenters. The van der Waals surface area contributed by atoms with Crippen molar-refractivity contribution >= 4 is 22.8 Å². The van der Waals surface area contributed by atoms with Crippen LogP contribution < -0.4 is 16.4 Å². The summed E-state index contributed by atoms with van der Waals surface area (Å²) in [5.41, 5.74) is 8.18. The van der Waals surface area contributed by atoms with E-state index in [0.717, 1.165) is 28.3 Å². The third-order valence-electron chi connectivity index (χ3n) is 5.01. The zero-order chi connectivity index (χ0) is 18.1. The number of anilines is 2. The van der Waals surface area contributed by atoms with Gasteiger partial charge in [0, 0.05) is 25.7 Å². The number of hydrogen-bond acceptors (Lipinski definition) is 6. The average Bonchev–Trinajstić information content (AvgIpc) is 3.00. The highest BCUT2D eigenvalue weighted by Gasteiger charge is 2.26. The Morgan fingerprint density at radius 3 is 2.73 bits per heavy atom. The summed E-state index contributed by atoms with van der Waals surface area (Å²) < 4.78 is 1.77. The van der Waals surface area contributed by atoms with Gasteiger partial charge in [0.05, 0.1) is 11.6 Å². The molecule has 136 valence electrons. The van der Waals surface area contributed by atoms with Crippen molar-refractivity contribution in [3.05, 3.63) is 42.1 Å². The van der Waals surface area contributed by atoms with E-state index in [1.54, 1.807) is 4.68 Å². The fourth-order valence-electron chi connectivity index (χ4n) is 3.44. The molecule has 1 fully saturated rings. The number of nitrogens with one attached hydrogen (secondary N) is 2. The van der Waals surface area contributed by atoms with Crippen molar-refractivity contribution < 1.29 is 0 Å². The molecule has 2 aromatic heterocycles. The van der Waals surface area contributed by atoms with Gasteiger partial charge < -0.3 is 16.4 Å². The molecule has 1 aliphatic rings. The number of nitrogens with zero attached hydrogens (tertiary/aromatic N) is 4. The van der Waals surface area contributed by atoms with Gasteiger partial charge in [0.2, 0.25) is 5.95 Å². The standard InChI is InChI=1S/C19H25N7/c1-12-8-14(9-12)23-17-15-10-22-26(2)18(15)25-19(24-17)21-11-16(20)13-6-4-3-5-7-13/h3-7,10,12,14,16H,8-9,11,20H2,1-2H3,(H2,21,23,24,25). The molecule has 1 aromatic carbocycles. The minimum Gasteiger partial charge on any atom is -0.367 e. The number of hydrogen-bond donors (Lipinski definition) is 3. The quantitative estimate of drug-likeness (QED) is 0.632. The lowest BCUT2D eigenvalue weighted by atomic mass is 9.82. The Hall–Kier alpha value is -2.67. The Morgan fingerprint density at radius 2 is 2.00 bits per heavy atom. The summed E-state index contributed by atoms with van der Waals surface area (Å²) in [4.78, 5) is 9.29. The maximum Gasteiger partial charge on any atom is 0.226 e. The maximum atomic E-state index is 6.28. The molecule has 1 saturated carbocycles. The summed E-state index contributed by atoms with van der Waals surface area (Å²) in [6, 6.07) is 10.4. The third kappa shape index (κ3) is 3.35. The SMILES string of the molecule is CC1CC(Nc2nc(NCC(N)c3ccccc3)nc3c2cnn3C)C1. The normalized spacial score (nSPS) is 20.6. The van der Waals surface area contributed by atoms with Crippen LogP contribution in [-0.2, 0) is 7.05 Å². The Labute approximate surface area is 153 Å². The lowest BCUT2D eigenvalue weighted by molar-refractivity contribution is 0.309. The van der Waals surface area contributed by atoms with Gasteiger partial charge >= 0.3 is 0 Å². The van der Waals surface area contributed by atoms with Crippen molar-refractivity contribution in [1.29, 1.82) is 0 Å². The molecule has 0 spiro atoms. The van der Waals surface area contributed by atoms with Crippen LogP contribution in [0.2, 0.25) is 0 Å². The minimum atomic E-state index is -0.120. The second kappa shape index (κ2) is 6.92. The van der Waals surface area contributed by atoms with Gasteiger partial charge in [-0.15, -0.1) is 0 Å². The van der Waals surface area contributed by atoms with E-state index >= 15 is 0 Å². The third-order valence-corrected chi connectivity index (χ3v) is 5.01. The Bertz CT molecular complexity index is 884. The van der Waals surface area contributed by atoms with Crippen molar-refractivity contribution in [2.75, 3.05) is 17.2 Å². The summed E-state index contributed by atoms with van der Waals surface area (Å²) in [7, 11) is 1.89. The summed E-state index contributed by atoms with van der Waals surface area (Å²) in [6.07, 6.45) is 4.17. The lowest BCUT2D eigenvalue weighted by Crippen LogP contribution is -2.34. The zero-order valence-electron chi connectivity index (χ0n) is 15.2. The summed E-state index contributed by atoms with van der Waals surface area (Å²) >= 11 is 0. The molecule has 4 N–H and O–H groups in total. The second-order valence-corrected chi connectivity index (χ2v) is 7.22. The second-order valence-electron chi connectivity index (χ2n) is 7.22. The minimum absolute atomic E-state index is 0.120. The molecule has 3 aromatic rings. The first-order valence-electron chi connectivity index (χ1n) is 9.11. The summed E-state index contributed by atoms with van der Waals surface area (Å²) in [5, 5.41) is 12.1. The first-order valence-corrected chi connectivity index (χ1v) is 9.11. The molecule has 7 heteroatoms. The van der Waals surface area contributed by atoms with Crippen LogP contribution in [0.1, 0.15) is 31.4 Å². The molecule has 0 bridgehead atoms. The number of fused-ring (bicyclic) bond motifs is 1. The van der Waals surface area contributed by atoms with Gasteiger partial charge in [0.15, 0.2) is 5.65 Å². The highest BCUT2D eigenvalue weighted by Crippen LogP contribution is 2.31. The highest BCUT2D eigenvalue weighted by molar-refractivity contribution is 5.87. The molecule has 1 aliphatic carbocycles. The molecular weight excluding hydrogens is 326 g/mol. The van der Waals surface area contributed by atoms with E-state index < -0.39 is 0 Å². The summed E-state index contributed by atoms with van der Waals surface area (Å²) in [5.74, 6) is 2.19. The van der Waals surface area contributed by atoms with Crippen molar-refractivity contribution in [3.63, 3.8) is 0 Å². The Kier molecular flexibility index (Phi) is 4.46. The van der Waals surface area contributed by atoms with Crippen LogP contribution >= 0.6 is 0 Å². The van der Waals surface area contributed by atoms with Gasteiger partial charge in [-0.3, -0.25) is 4.68 Å². The smallest absolute Gasteiger partial charge is 0.226 e. The molecule has 0 amide bonds. The number of aryl methyl sites for hydroxylation is 1. The van der Waals surface area contributed by atoms with Crippen LogP contribution in [0.4, 0.5) is 11.8 Å². The molecule has 0 aliphatic heterocycles. The monoisotopic (exact) mass is 351 g/mol. The van der Waals surface area contributed by atoms with Gasteiger partial charge in [-0.2, -0.15) is 15.1 Å². The van der Waals surface area contributed by atoms with Crippen LogP contribution in [0.5, 0.6) is 0 Å². The first-order chi connectivity index (χ1) is 12.6. The molecular formula is C19H25N7. The molecule has 2 heterocycles. The molecule has 1 atom stereocenters. The fraction of sp³-hybridized carbons (Fsp3) is 0.421. The number of aromatic nitrogens is 4. The Balaban J connectivity index is 1.53. The fourth-order valence-corrected chi connectivity index (χ4v) is 3.44. The van der Waals surface area contributed by atoms with Crippen LogP contribution in [0.3, 0.4) is 0 Å². The van der Waals surface area contributed by atoms with Crippen molar-refractivity contribution in [2.24, 2.45) is 18.7 Å². The van der Waals surface area contributed by atoms with Crippen molar-refractivity contribution in [1.82, 2.24) is 19.7 Å². The van der Waals surface area contributed by atoms with E-state index in [1.165, 1.54) is 12.8 Å². The molecule has 26 heavy (non-hydrogen) atoms. The van der Waals surface area contributed by atoms with Gasteiger partial charge in [-0.05, 0) is 24.3 Å².